The summed E-state index contributed by atoms with van der Waals surface area (Å²) in [4.78, 5) is 18.5. The zero-order valence-corrected chi connectivity index (χ0v) is 13.2. The Morgan fingerprint density at radius 2 is 2.09 bits per heavy atom. The van der Waals surface area contributed by atoms with Gasteiger partial charge in [0.2, 0.25) is 0 Å². The normalized spacial score (nSPS) is 17.5. The second kappa shape index (κ2) is 6.36. The van der Waals surface area contributed by atoms with Crippen LogP contribution in [0.2, 0.25) is 5.02 Å². The molecule has 0 aliphatic carbocycles. The SMILES string of the molecule is Cc1c(Cl)cccc1NC(=O)N1CCC[C@H]1c1ccncc1. The first-order valence-electron chi connectivity index (χ1n) is 7.39. The first-order valence-corrected chi connectivity index (χ1v) is 7.77. The Labute approximate surface area is 135 Å². The van der Waals surface area contributed by atoms with E-state index in [0.717, 1.165) is 36.2 Å². The lowest BCUT2D eigenvalue weighted by molar-refractivity contribution is 0.207. The van der Waals surface area contributed by atoms with Gasteiger partial charge in [0.15, 0.2) is 0 Å². The topological polar surface area (TPSA) is 45.2 Å². The Hall–Kier alpha value is -2.07. The molecule has 0 saturated carbocycles. The van der Waals surface area contributed by atoms with E-state index in [9.17, 15) is 4.79 Å². The molecular weight excluding hydrogens is 298 g/mol. The Kier molecular flexibility index (Phi) is 4.29. The smallest absolute Gasteiger partial charge is 0.317 e. The molecule has 1 fully saturated rings. The van der Waals surface area contributed by atoms with E-state index in [1.54, 1.807) is 12.4 Å². The number of aromatic nitrogens is 1. The summed E-state index contributed by atoms with van der Waals surface area (Å²) in [6.45, 7) is 2.67. The molecule has 1 aliphatic heterocycles. The fourth-order valence-electron chi connectivity index (χ4n) is 2.87. The third-order valence-electron chi connectivity index (χ3n) is 4.11. The summed E-state index contributed by atoms with van der Waals surface area (Å²) in [6.07, 6.45) is 5.52. The van der Waals surface area contributed by atoms with Crippen molar-refractivity contribution in [3.05, 3.63) is 58.9 Å². The number of amides is 2. The van der Waals surface area contributed by atoms with Gasteiger partial charge < -0.3 is 10.2 Å². The van der Waals surface area contributed by atoms with Gasteiger partial charge in [-0.25, -0.2) is 4.79 Å². The van der Waals surface area contributed by atoms with E-state index >= 15 is 0 Å². The van der Waals surface area contributed by atoms with Crippen LogP contribution >= 0.6 is 11.6 Å². The molecule has 1 aromatic heterocycles. The van der Waals surface area contributed by atoms with Crippen LogP contribution in [0.1, 0.15) is 30.0 Å². The standard InChI is InChI=1S/C17H18ClN3O/c1-12-14(18)4-2-5-15(12)20-17(22)21-11-3-6-16(21)13-7-9-19-10-8-13/h2,4-5,7-10,16H,3,6,11H2,1H3,(H,20,22)/t16-/m0/s1. The molecule has 0 bridgehead atoms. The molecule has 4 nitrogen and oxygen atoms in total. The lowest BCUT2D eigenvalue weighted by atomic mass is 10.1. The zero-order valence-electron chi connectivity index (χ0n) is 12.4. The summed E-state index contributed by atoms with van der Waals surface area (Å²) >= 11 is 6.11. The van der Waals surface area contributed by atoms with Crippen LogP contribution in [0, 0.1) is 6.92 Å². The van der Waals surface area contributed by atoms with Gasteiger partial charge in [-0.3, -0.25) is 4.98 Å². The highest BCUT2D eigenvalue weighted by atomic mass is 35.5. The average molecular weight is 316 g/mol. The van der Waals surface area contributed by atoms with E-state index in [-0.39, 0.29) is 12.1 Å². The Balaban J connectivity index is 1.78. The number of urea groups is 1. The number of rotatable bonds is 2. The summed E-state index contributed by atoms with van der Waals surface area (Å²) in [5.74, 6) is 0. The van der Waals surface area contributed by atoms with Crippen LogP contribution in [-0.2, 0) is 0 Å². The first-order chi connectivity index (χ1) is 10.7. The molecule has 22 heavy (non-hydrogen) atoms. The monoisotopic (exact) mass is 315 g/mol. The van der Waals surface area contributed by atoms with Crippen LogP contribution < -0.4 is 5.32 Å². The summed E-state index contributed by atoms with van der Waals surface area (Å²) in [6, 6.07) is 9.52. The summed E-state index contributed by atoms with van der Waals surface area (Å²) in [5.41, 5.74) is 2.78. The van der Waals surface area contributed by atoms with Crippen molar-refractivity contribution >= 4 is 23.3 Å². The number of anilines is 1. The van der Waals surface area contributed by atoms with Gasteiger partial charge in [-0.15, -0.1) is 0 Å². The fourth-order valence-corrected chi connectivity index (χ4v) is 3.05. The predicted molar refractivity (Wildman–Crippen MR) is 88.1 cm³/mol. The highest BCUT2D eigenvalue weighted by molar-refractivity contribution is 6.31. The molecular formula is C17H18ClN3O. The van der Waals surface area contributed by atoms with Crippen molar-refractivity contribution < 1.29 is 4.79 Å². The van der Waals surface area contributed by atoms with Crippen LogP contribution in [0.25, 0.3) is 0 Å². The van der Waals surface area contributed by atoms with E-state index < -0.39 is 0 Å². The van der Waals surface area contributed by atoms with Crippen LogP contribution in [0.4, 0.5) is 10.5 Å². The molecule has 5 heteroatoms. The second-order valence-electron chi connectivity index (χ2n) is 5.47. The number of likely N-dealkylation sites (tertiary alicyclic amines) is 1. The van der Waals surface area contributed by atoms with E-state index in [4.69, 9.17) is 11.6 Å². The third-order valence-corrected chi connectivity index (χ3v) is 4.52. The zero-order chi connectivity index (χ0) is 15.5. The molecule has 0 radical (unpaired) electrons. The minimum absolute atomic E-state index is 0.0790. The largest absolute Gasteiger partial charge is 0.322 e. The molecule has 2 heterocycles. The number of pyridine rings is 1. The maximum Gasteiger partial charge on any atom is 0.322 e. The molecule has 3 rings (SSSR count). The Morgan fingerprint density at radius 1 is 1.32 bits per heavy atom. The molecule has 1 N–H and O–H groups in total. The number of hydrogen-bond acceptors (Lipinski definition) is 2. The van der Waals surface area contributed by atoms with Crippen molar-refractivity contribution in [2.24, 2.45) is 0 Å². The number of nitrogens with one attached hydrogen (secondary N) is 1. The average Bonchev–Trinajstić information content (AvgIpc) is 3.02. The third kappa shape index (κ3) is 2.92. The van der Waals surface area contributed by atoms with Gasteiger partial charge in [0.25, 0.3) is 0 Å². The van der Waals surface area contributed by atoms with Gasteiger partial charge in [-0.1, -0.05) is 17.7 Å². The molecule has 2 amide bonds. The van der Waals surface area contributed by atoms with Crippen LogP contribution in [0.3, 0.4) is 0 Å². The van der Waals surface area contributed by atoms with Crippen LogP contribution in [0.5, 0.6) is 0 Å². The van der Waals surface area contributed by atoms with E-state index in [1.165, 1.54) is 0 Å². The Bertz CT molecular complexity index is 675. The van der Waals surface area contributed by atoms with Crippen LogP contribution in [0.15, 0.2) is 42.7 Å². The Morgan fingerprint density at radius 3 is 2.86 bits per heavy atom. The minimum Gasteiger partial charge on any atom is -0.317 e. The van der Waals surface area contributed by atoms with Gasteiger partial charge >= 0.3 is 6.03 Å². The number of hydrogen-bond donors (Lipinski definition) is 1. The number of carbonyl (C=O) groups excluding carboxylic acids is 1. The van der Waals surface area contributed by atoms with E-state index in [2.05, 4.69) is 10.3 Å². The highest BCUT2D eigenvalue weighted by Gasteiger charge is 2.30. The van der Waals surface area contributed by atoms with Crippen molar-refractivity contribution in [3.8, 4) is 0 Å². The maximum atomic E-state index is 12.6. The lowest BCUT2D eigenvalue weighted by Gasteiger charge is -2.25. The van der Waals surface area contributed by atoms with Crippen molar-refractivity contribution in [2.45, 2.75) is 25.8 Å². The number of benzene rings is 1. The molecule has 0 spiro atoms. The summed E-state index contributed by atoms with van der Waals surface area (Å²) < 4.78 is 0. The highest BCUT2D eigenvalue weighted by Crippen LogP contribution is 2.32. The second-order valence-corrected chi connectivity index (χ2v) is 5.88. The molecule has 114 valence electrons. The molecule has 1 atom stereocenters. The van der Waals surface area contributed by atoms with Gasteiger partial charge in [-0.2, -0.15) is 0 Å². The number of carbonyl (C=O) groups is 1. The van der Waals surface area contributed by atoms with Crippen molar-refractivity contribution in [1.82, 2.24) is 9.88 Å². The number of halogens is 1. The quantitative estimate of drug-likeness (QED) is 0.892. The van der Waals surface area contributed by atoms with Crippen molar-refractivity contribution in [2.75, 3.05) is 11.9 Å². The minimum atomic E-state index is -0.0790. The molecule has 0 unspecified atom stereocenters. The van der Waals surface area contributed by atoms with Gasteiger partial charge in [0.05, 0.1) is 6.04 Å². The van der Waals surface area contributed by atoms with Crippen molar-refractivity contribution in [3.63, 3.8) is 0 Å². The molecule has 2 aromatic rings. The fraction of sp³-hybridized carbons (Fsp3) is 0.294. The van der Waals surface area contributed by atoms with E-state index in [0.29, 0.717) is 5.02 Å². The predicted octanol–water partition coefficient (Wildman–Crippen LogP) is 4.41. The molecule has 1 aromatic carbocycles. The first kappa shape index (κ1) is 14.9. The maximum absolute atomic E-state index is 12.6. The van der Waals surface area contributed by atoms with Crippen molar-refractivity contribution in [1.29, 1.82) is 0 Å². The van der Waals surface area contributed by atoms with Gasteiger partial charge in [0.1, 0.15) is 0 Å². The molecule has 1 saturated heterocycles. The molecule has 1 aliphatic rings. The summed E-state index contributed by atoms with van der Waals surface area (Å²) in [7, 11) is 0. The van der Waals surface area contributed by atoms with Gasteiger partial charge in [0, 0.05) is 29.6 Å². The van der Waals surface area contributed by atoms with E-state index in [1.807, 2.05) is 42.2 Å². The van der Waals surface area contributed by atoms with Gasteiger partial charge in [-0.05, 0) is 55.2 Å². The lowest BCUT2D eigenvalue weighted by Crippen LogP contribution is -2.34. The van der Waals surface area contributed by atoms with Crippen LogP contribution in [-0.4, -0.2) is 22.5 Å². The number of nitrogens with zero attached hydrogens (tertiary/aromatic N) is 2. The summed E-state index contributed by atoms with van der Waals surface area (Å²) in [5, 5.41) is 3.64.